The number of benzene rings is 3. The molecule has 0 heterocycles. The van der Waals surface area contributed by atoms with Crippen LogP contribution in [0.25, 0.3) is 0 Å². The normalized spacial score (nSPS) is 12.0. The van der Waals surface area contributed by atoms with Crippen LogP contribution < -0.4 is 9.62 Å². The number of nitrogens with one attached hydrogen (secondary N) is 1. The van der Waals surface area contributed by atoms with E-state index < -0.39 is 40.2 Å². The molecule has 0 fully saturated rings. The van der Waals surface area contributed by atoms with Crippen LogP contribution >= 0.6 is 23.2 Å². The van der Waals surface area contributed by atoms with E-state index in [1.54, 1.807) is 24.3 Å². The van der Waals surface area contributed by atoms with E-state index in [0.29, 0.717) is 6.54 Å². The van der Waals surface area contributed by atoms with E-state index in [2.05, 4.69) is 5.32 Å². The third kappa shape index (κ3) is 7.71. The van der Waals surface area contributed by atoms with Crippen molar-refractivity contribution in [2.24, 2.45) is 0 Å². The van der Waals surface area contributed by atoms with Gasteiger partial charge in [0.1, 0.15) is 18.4 Å². The number of halogens is 3. The Labute approximate surface area is 238 Å². The van der Waals surface area contributed by atoms with Crippen LogP contribution in [0.15, 0.2) is 77.7 Å². The molecule has 0 aliphatic rings. The molecule has 208 valence electrons. The van der Waals surface area contributed by atoms with Crippen molar-refractivity contribution in [3.8, 4) is 0 Å². The van der Waals surface area contributed by atoms with E-state index in [-0.39, 0.29) is 32.7 Å². The second-order valence-corrected chi connectivity index (χ2v) is 11.6. The van der Waals surface area contributed by atoms with Crippen LogP contribution in [0, 0.1) is 5.82 Å². The molecule has 0 aromatic heterocycles. The first-order valence-electron chi connectivity index (χ1n) is 12.4. The number of sulfonamides is 1. The second-order valence-electron chi connectivity index (χ2n) is 8.85. The van der Waals surface area contributed by atoms with Gasteiger partial charge in [-0.25, -0.2) is 12.8 Å². The lowest BCUT2D eigenvalue weighted by molar-refractivity contribution is -0.139. The molecule has 0 saturated heterocycles. The number of nitrogens with zero attached hydrogens (tertiary/aromatic N) is 2. The molecular weight excluding hydrogens is 564 g/mol. The summed E-state index contributed by atoms with van der Waals surface area (Å²) in [6, 6.07) is 16.7. The number of carbonyl (C=O) groups excluding carboxylic acids is 2. The van der Waals surface area contributed by atoms with E-state index >= 15 is 0 Å². The minimum absolute atomic E-state index is 0.0146. The third-order valence-corrected chi connectivity index (χ3v) is 8.40. The van der Waals surface area contributed by atoms with Crippen LogP contribution in [0.3, 0.4) is 0 Å². The van der Waals surface area contributed by atoms with Crippen molar-refractivity contribution < 1.29 is 22.4 Å². The largest absolute Gasteiger partial charge is 0.354 e. The molecule has 0 aliphatic heterocycles. The van der Waals surface area contributed by atoms with Crippen molar-refractivity contribution in [1.82, 2.24) is 10.2 Å². The number of hydrogen-bond acceptors (Lipinski definition) is 4. The molecule has 3 aromatic rings. The van der Waals surface area contributed by atoms with Gasteiger partial charge in [-0.2, -0.15) is 0 Å². The van der Waals surface area contributed by atoms with Gasteiger partial charge in [-0.15, -0.1) is 0 Å². The summed E-state index contributed by atoms with van der Waals surface area (Å²) in [7, 11) is -4.28. The minimum atomic E-state index is -4.28. The van der Waals surface area contributed by atoms with Crippen LogP contribution in [0.2, 0.25) is 10.0 Å². The molecule has 3 aromatic carbocycles. The minimum Gasteiger partial charge on any atom is -0.354 e. The maximum atomic E-state index is 14.6. The summed E-state index contributed by atoms with van der Waals surface area (Å²) in [5.74, 6) is -1.71. The zero-order valence-electron chi connectivity index (χ0n) is 21.6. The fraction of sp³-hybridized carbons (Fsp3) is 0.286. The van der Waals surface area contributed by atoms with Gasteiger partial charge in [0, 0.05) is 23.7 Å². The molecule has 3 rings (SSSR count). The van der Waals surface area contributed by atoms with Crippen molar-refractivity contribution in [2.45, 2.75) is 44.2 Å². The number of anilines is 1. The van der Waals surface area contributed by atoms with Gasteiger partial charge in [-0.05, 0) is 49.7 Å². The average Bonchev–Trinajstić information content (AvgIpc) is 2.91. The summed E-state index contributed by atoms with van der Waals surface area (Å²) in [5, 5.41) is 3.08. The van der Waals surface area contributed by atoms with Crippen LogP contribution in [-0.4, -0.2) is 44.3 Å². The first-order valence-corrected chi connectivity index (χ1v) is 14.6. The van der Waals surface area contributed by atoms with Crippen molar-refractivity contribution in [2.75, 3.05) is 17.4 Å². The third-order valence-electron chi connectivity index (χ3n) is 6.08. The van der Waals surface area contributed by atoms with Crippen molar-refractivity contribution in [3.05, 3.63) is 94.2 Å². The van der Waals surface area contributed by atoms with E-state index in [1.807, 2.05) is 6.92 Å². The summed E-state index contributed by atoms with van der Waals surface area (Å²) in [6.45, 7) is 2.97. The van der Waals surface area contributed by atoms with Gasteiger partial charge in [0.2, 0.25) is 11.8 Å². The molecule has 7 nitrogen and oxygen atoms in total. The van der Waals surface area contributed by atoms with E-state index in [4.69, 9.17) is 23.2 Å². The SMILES string of the molecule is CCCCNC(=O)C(C)N(Cc1ccccc1F)C(=O)CN(c1ccc(Cl)cc1Cl)S(=O)(=O)c1ccccc1. The van der Waals surface area contributed by atoms with E-state index in [1.165, 1.54) is 55.5 Å². The average molecular weight is 595 g/mol. The summed E-state index contributed by atoms with van der Waals surface area (Å²) >= 11 is 12.4. The highest BCUT2D eigenvalue weighted by Gasteiger charge is 2.33. The zero-order valence-corrected chi connectivity index (χ0v) is 23.9. The lowest BCUT2D eigenvalue weighted by atomic mass is 10.1. The summed E-state index contributed by atoms with van der Waals surface area (Å²) in [6.07, 6.45) is 1.61. The topological polar surface area (TPSA) is 86.8 Å². The maximum absolute atomic E-state index is 14.6. The molecule has 1 unspecified atom stereocenters. The maximum Gasteiger partial charge on any atom is 0.264 e. The predicted molar refractivity (Wildman–Crippen MR) is 152 cm³/mol. The fourth-order valence-corrected chi connectivity index (χ4v) is 5.86. The van der Waals surface area contributed by atoms with Crippen molar-refractivity contribution in [1.29, 1.82) is 0 Å². The highest BCUT2D eigenvalue weighted by Crippen LogP contribution is 2.33. The molecule has 2 amide bonds. The van der Waals surface area contributed by atoms with Crippen LogP contribution in [0.4, 0.5) is 10.1 Å². The molecule has 11 heteroatoms. The fourth-order valence-electron chi connectivity index (χ4n) is 3.85. The molecule has 1 atom stereocenters. The standard InChI is InChI=1S/C28H30Cl2FN3O4S/c1-3-4-16-32-28(36)20(2)33(18-21-10-8-9-13-25(21)31)27(35)19-34(26-15-14-22(29)17-24(26)30)39(37,38)23-11-6-5-7-12-23/h5-15,17,20H,3-4,16,18-19H2,1-2H3,(H,32,36). The quantitative estimate of drug-likeness (QED) is 0.274. The molecule has 0 spiro atoms. The first kappa shape index (κ1) is 30.4. The summed E-state index contributed by atoms with van der Waals surface area (Å²) < 4.78 is 42.9. The second kappa shape index (κ2) is 13.8. The molecule has 39 heavy (non-hydrogen) atoms. The Morgan fingerprint density at radius 3 is 2.31 bits per heavy atom. The zero-order chi connectivity index (χ0) is 28.6. The van der Waals surface area contributed by atoms with Gasteiger partial charge in [0.05, 0.1) is 15.6 Å². The Hall–Kier alpha value is -3.14. The van der Waals surface area contributed by atoms with Gasteiger partial charge in [0.25, 0.3) is 10.0 Å². The Balaban J connectivity index is 2.03. The van der Waals surface area contributed by atoms with Crippen LogP contribution in [-0.2, 0) is 26.2 Å². The van der Waals surface area contributed by atoms with E-state index in [0.717, 1.165) is 22.0 Å². The number of carbonyl (C=O) groups is 2. The van der Waals surface area contributed by atoms with Gasteiger partial charge in [0.15, 0.2) is 0 Å². The van der Waals surface area contributed by atoms with Gasteiger partial charge in [-0.1, -0.05) is 72.9 Å². The van der Waals surface area contributed by atoms with Gasteiger partial charge in [-0.3, -0.25) is 13.9 Å². The number of amides is 2. The van der Waals surface area contributed by atoms with Crippen LogP contribution in [0.1, 0.15) is 32.3 Å². The highest BCUT2D eigenvalue weighted by atomic mass is 35.5. The monoisotopic (exact) mass is 593 g/mol. The number of unbranched alkanes of at least 4 members (excludes halogenated alkanes) is 1. The Kier molecular flexibility index (Phi) is 10.7. The molecule has 0 aliphatic carbocycles. The van der Waals surface area contributed by atoms with Crippen LogP contribution in [0.5, 0.6) is 0 Å². The van der Waals surface area contributed by atoms with Crippen molar-refractivity contribution in [3.63, 3.8) is 0 Å². The van der Waals surface area contributed by atoms with Crippen molar-refractivity contribution >= 4 is 50.7 Å². The highest BCUT2D eigenvalue weighted by molar-refractivity contribution is 7.92. The lowest BCUT2D eigenvalue weighted by Crippen LogP contribution is -2.51. The van der Waals surface area contributed by atoms with Gasteiger partial charge >= 0.3 is 0 Å². The Morgan fingerprint density at radius 2 is 1.67 bits per heavy atom. The predicted octanol–water partition coefficient (Wildman–Crippen LogP) is 5.66. The summed E-state index contributed by atoms with van der Waals surface area (Å²) in [5.41, 5.74) is 0.213. The molecule has 0 bridgehead atoms. The molecular formula is C28H30Cl2FN3O4S. The van der Waals surface area contributed by atoms with Gasteiger partial charge < -0.3 is 10.2 Å². The Bertz CT molecular complexity index is 1410. The smallest absolute Gasteiger partial charge is 0.264 e. The lowest BCUT2D eigenvalue weighted by Gasteiger charge is -2.32. The number of rotatable bonds is 12. The Morgan fingerprint density at radius 1 is 1.00 bits per heavy atom. The van der Waals surface area contributed by atoms with E-state index in [9.17, 15) is 22.4 Å². The number of hydrogen-bond donors (Lipinski definition) is 1. The molecule has 1 N–H and O–H groups in total. The molecule has 0 saturated carbocycles. The molecule has 0 radical (unpaired) electrons. The first-order chi connectivity index (χ1) is 18.6. The summed E-state index contributed by atoms with van der Waals surface area (Å²) in [4.78, 5) is 27.9.